The van der Waals surface area contributed by atoms with Gasteiger partial charge in [-0.3, -0.25) is 0 Å². The van der Waals surface area contributed by atoms with Crippen LogP contribution in [0.5, 0.6) is 0 Å². The molecule has 1 heterocycles. The number of amides is 1. The molecule has 2 rings (SSSR count). The van der Waals surface area contributed by atoms with Crippen LogP contribution in [0, 0.1) is 0 Å². The van der Waals surface area contributed by atoms with E-state index >= 15 is 0 Å². The van der Waals surface area contributed by atoms with Crippen LogP contribution in [0.3, 0.4) is 0 Å². The average Bonchev–Trinajstić information content (AvgIpc) is 2.60. The first kappa shape index (κ1) is 20.6. The SMILES string of the molecule is O=C(C=Cc1ccccc1)NC(NC(=[Se])N1CCOCC1)C(Cl)(Cl)Cl. The van der Waals surface area contributed by atoms with Gasteiger partial charge in [0.05, 0.1) is 0 Å². The van der Waals surface area contributed by atoms with Crippen LogP contribution in [0.1, 0.15) is 5.56 Å². The van der Waals surface area contributed by atoms with Gasteiger partial charge in [-0.05, 0) is 0 Å². The molecule has 0 bridgehead atoms. The van der Waals surface area contributed by atoms with Crippen molar-refractivity contribution < 1.29 is 9.53 Å². The molecule has 0 spiro atoms. The Kier molecular flexibility index (Phi) is 8.07. The van der Waals surface area contributed by atoms with E-state index in [0.29, 0.717) is 31.0 Å². The Morgan fingerprint density at radius 2 is 1.84 bits per heavy atom. The van der Waals surface area contributed by atoms with E-state index in [1.807, 2.05) is 35.2 Å². The van der Waals surface area contributed by atoms with Crippen LogP contribution in [0.2, 0.25) is 0 Å². The van der Waals surface area contributed by atoms with E-state index in [9.17, 15) is 4.79 Å². The van der Waals surface area contributed by atoms with Crippen molar-refractivity contribution in [1.82, 2.24) is 15.5 Å². The van der Waals surface area contributed by atoms with Gasteiger partial charge in [0.2, 0.25) is 0 Å². The van der Waals surface area contributed by atoms with Crippen LogP contribution in [0.25, 0.3) is 6.08 Å². The van der Waals surface area contributed by atoms with Crippen molar-refractivity contribution in [2.24, 2.45) is 0 Å². The van der Waals surface area contributed by atoms with Crippen molar-refractivity contribution in [3.8, 4) is 0 Å². The third-order valence-corrected chi connectivity index (χ3v) is 4.85. The number of ether oxygens (including phenoxy) is 1. The Hall–Kier alpha value is -0.751. The molecule has 0 aromatic heterocycles. The molecule has 0 aliphatic carbocycles. The first-order valence-electron chi connectivity index (χ1n) is 7.60. The average molecular weight is 470 g/mol. The molecule has 1 amide bonds. The Labute approximate surface area is 170 Å². The molecule has 0 saturated carbocycles. The maximum atomic E-state index is 12.2. The van der Waals surface area contributed by atoms with E-state index in [2.05, 4.69) is 26.2 Å². The molecule has 9 heteroatoms. The summed E-state index contributed by atoms with van der Waals surface area (Å²) >= 11 is 20.9. The van der Waals surface area contributed by atoms with Gasteiger partial charge in [-0.15, -0.1) is 0 Å². The Balaban J connectivity index is 1.96. The number of carbonyl (C=O) groups excluding carboxylic acids is 1. The van der Waals surface area contributed by atoms with Crippen LogP contribution < -0.4 is 10.6 Å². The molecule has 1 aliphatic heterocycles. The number of morpholine rings is 1. The van der Waals surface area contributed by atoms with E-state index < -0.39 is 9.96 Å². The van der Waals surface area contributed by atoms with E-state index in [4.69, 9.17) is 39.5 Å². The van der Waals surface area contributed by atoms with Crippen molar-refractivity contribution in [2.45, 2.75) is 9.96 Å². The predicted molar refractivity (Wildman–Crippen MR) is 104 cm³/mol. The van der Waals surface area contributed by atoms with Gasteiger partial charge >= 0.3 is 170 Å². The molecular weight excluding hydrogens is 452 g/mol. The van der Waals surface area contributed by atoms with Crippen LogP contribution in [-0.2, 0) is 9.53 Å². The molecule has 5 nitrogen and oxygen atoms in total. The van der Waals surface area contributed by atoms with Crippen molar-refractivity contribution in [1.29, 1.82) is 0 Å². The minimum absolute atomic E-state index is 0.373. The van der Waals surface area contributed by atoms with Gasteiger partial charge in [-0.2, -0.15) is 0 Å². The maximum absolute atomic E-state index is 12.2. The Bertz CT molecular complexity index is 617. The first-order chi connectivity index (χ1) is 11.9. The second-order valence-corrected chi connectivity index (χ2v) is 8.46. The molecule has 1 saturated heterocycles. The predicted octanol–water partition coefficient (Wildman–Crippen LogP) is 1.69. The molecule has 25 heavy (non-hydrogen) atoms. The summed E-state index contributed by atoms with van der Waals surface area (Å²) in [7, 11) is 0. The van der Waals surface area contributed by atoms with Crippen LogP contribution in [0.4, 0.5) is 0 Å². The summed E-state index contributed by atoms with van der Waals surface area (Å²) in [6.07, 6.45) is 2.19. The van der Waals surface area contributed by atoms with Gasteiger partial charge in [-0.25, -0.2) is 0 Å². The summed E-state index contributed by atoms with van der Waals surface area (Å²) in [5.74, 6) is -0.373. The van der Waals surface area contributed by atoms with Crippen molar-refractivity contribution in [2.75, 3.05) is 26.3 Å². The summed E-state index contributed by atoms with van der Waals surface area (Å²) in [6, 6.07) is 9.46. The van der Waals surface area contributed by atoms with Crippen molar-refractivity contribution in [3.63, 3.8) is 0 Å². The molecule has 1 aromatic carbocycles. The van der Waals surface area contributed by atoms with Gasteiger partial charge in [0.15, 0.2) is 0 Å². The fourth-order valence-electron chi connectivity index (χ4n) is 2.11. The summed E-state index contributed by atoms with van der Waals surface area (Å²) < 4.78 is 4.27. The van der Waals surface area contributed by atoms with Crippen molar-refractivity contribution >= 4 is 67.0 Å². The molecule has 136 valence electrons. The Morgan fingerprint density at radius 1 is 1.20 bits per heavy atom. The van der Waals surface area contributed by atoms with Gasteiger partial charge in [-0.1, -0.05) is 0 Å². The summed E-state index contributed by atoms with van der Waals surface area (Å²) in [5, 5.41) is 5.69. The number of rotatable bonds is 6. The standard InChI is InChI=1S/C16H18Cl3N3O2Se/c17-16(18,19)14(21-15(25)22-8-10-24-11-9-22)20-13(23)7-6-12-4-2-1-3-5-12/h1-7,14H,8-11H2,(H,20,23)(H,21,25). The zero-order chi connectivity index (χ0) is 18.3. The third-order valence-electron chi connectivity index (χ3n) is 3.41. The third kappa shape index (κ3) is 7.18. The van der Waals surface area contributed by atoms with E-state index in [0.717, 1.165) is 5.56 Å². The zero-order valence-corrected chi connectivity index (χ0v) is 17.2. The van der Waals surface area contributed by atoms with Gasteiger partial charge in [0, 0.05) is 0 Å². The fraction of sp³-hybridized carbons (Fsp3) is 0.375. The first-order valence-corrected chi connectivity index (χ1v) is 9.59. The minimum atomic E-state index is -1.72. The van der Waals surface area contributed by atoms with Crippen LogP contribution in [0.15, 0.2) is 36.4 Å². The number of benzene rings is 1. The van der Waals surface area contributed by atoms with E-state index in [1.165, 1.54) is 6.08 Å². The number of hydrogen-bond donors (Lipinski definition) is 2. The molecular formula is C16H18Cl3N3O2Se. The fourth-order valence-corrected chi connectivity index (χ4v) is 3.07. The molecule has 1 fully saturated rings. The number of nitrogens with one attached hydrogen (secondary N) is 2. The van der Waals surface area contributed by atoms with Crippen LogP contribution in [-0.4, -0.2) is 67.3 Å². The number of halogens is 3. The second-order valence-electron chi connectivity index (χ2n) is 5.28. The van der Waals surface area contributed by atoms with E-state index in [-0.39, 0.29) is 5.91 Å². The summed E-state index contributed by atoms with van der Waals surface area (Å²) in [6.45, 7) is 2.67. The zero-order valence-electron chi connectivity index (χ0n) is 13.3. The van der Waals surface area contributed by atoms with E-state index in [1.54, 1.807) is 6.08 Å². The molecule has 2 N–H and O–H groups in total. The molecule has 1 unspecified atom stereocenters. The number of hydrogen-bond acceptors (Lipinski definition) is 4. The summed E-state index contributed by atoms with van der Waals surface area (Å²) in [4.78, 5) is 14.2. The number of carbonyl (C=O) groups is 1. The van der Waals surface area contributed by atoms with Gasteiger partial charge in [0.1, 0.15) is 0 Å². The molecule has 0 radical (unpaired) electrons. The summed E-state index contributed by atoms with van der Waals surface area (Å²) in [5.41, 5.74) is 0.903. The monoisotopic (exact) mass is 469 g/mol. The van der Waals surface area contributed by atoms with Crippen LogP contribution >= 0.6 is 34.8 Å². The quantitative estimate of drug-likeness (QED) is 0.288. The molecule has 1 atom stereocenters. The number of nitrogens with zero attached hydrogens (tertiary/aromatic N) is 1. The normalized spacial score (nSPS) is 16.5. The molecule has 1 aromatic rings. The van der Waals surface area contributed by atoms with Gasteiger partial charge < -0.3 is 0 Å². The Morgan fingerprint density at radius 3 is 2.44 bits per heavy atom. The second kappa shape index (κ2) is 9.81. The topological polar surface area (TPSA) is 53.6 Å². The van der Waals surface area contributed by atoms with Crippen molar-refractivity contribution in [3.05, 3.63) is 42.0 Å². The number of alkyl halides is 3. The molecule has 1 aliphatic rings. The van der Waals surface area contributed by atoms with Gasteiger partial charge in [0.25, 0.3) is 0 Å².